The molecule has 0 radical (unpaired) electrons. The molecule has 3 aromatic rings. The number of aryl methyl sites for hydroxylation is 1. The lowest BCUT2D eigenvalue weighted by molar-refractivity contribution is 0.290. The summed E-state index contributed by atoms with van der Waals surface area (Å²) in [6.45, 7) is 2.26. The lowest BCUT2D eigenvalue weighted by Gasteiger charge is -2.09. The summed E-state index contributed by atoms with van der Waals surface area (Å²) in [5, 5.41) is 11.0. The van der Waals surface area contributed by atoms with Crippen molar-refractivity contribution in [3.05, 3.63) is 68.4 Å². The van der Waals surface area contributed by atoms with E-state index in [9.17, 15) is 0 Å². The quantitative estimate of drug-likeness (QED) is 0.454. The largest absolute Gasteiger partial charge is 0.484 e. The average molecular weight is 429 g/mol. The van der Waals surface area contributed by atoms with Gasteiger partial charge >= 0.3 is 0 Å². The van der Waals surface area contributed by atoms with Gasteiger partial charge in [-0.1, -0.05) is 58.7 Å². The molecule has 0 spiro atoms. The minimum atomic E-state index is 0.278. The second kappa shape index (κ2) is 8.53. The number of ether oxygens (including phenoxy) is 1. The van der Waals surface area contributed by atoms with Crippen molar-refractivity contribution in [2.75, 3.05) is 0 Å². The Morgan fingerprint density at radius 3 is 2.50 bits per heavy atom. The van der Waals surface area contributed by atoms with E-state index in [1.807, 2.05) is 54.9 Å². The number of hydrogen-bond acceptors (Lipinski definition) is 4. The molecule has 0 N–H and O–H groups in total. The van der Waals surface area contributed by atoms with E-state index in [1.165, 1.54) is 11.8 Å². The molecule has 1 aromatic heterocycles. The van der Waals surface area contributed by atoms with Crippen LogP contribution in [0.2, 0.25) is 15.1 Å². The number of nitrogens with zero attached hydrogens (tertiary/aromatic N) is 3. The van der Waals surface area contributed by atoms with Gasteiger partial charge in [0.15, 0.2) is 11.0 Å². The minimum absolute atomic E-state index is 0.278. The fourth-order valence-corrected chi connectivity index (χ4v) is 4.11. The van der Waals surface area contributed by atoms with Crippen molar-refractivity contribution < 1.29 is 4.74 Å². The summed E-state index contributed by atoms with van der Waals surface area (Å²) >= 11 is 20.1. The Morgan fingerprint density at radius 2 is 1.77 bits per heavy atom. The standard InChI is InChI=1S/C18H16Cl3N3OS/c1-11-6-7-15(21)16(8-11)25-9-17-22-23-18(24(17)2)26-10-12-13(19)4-3-5-14(12)20/h3-8H,9-10H2,1-2H3. The molecule has 2 aromatic carbocycles. The molecule has 26 heavy (non-hydrogen) atoms. The summed E-state index contributed by atoms with van der Waals surface area (Å²) in [7, 11) is 1.90. The summed E-state index contributed by atoms with van der Waals surface area (Å²) in [6.07, 6.45) is 0. The van der Waals surface area contributed by atoms with E-state index in [4.69, 9.17) is 39.5 Å². The Kier molecular flexibility index (Phi) is 6.35. The van der Waals surface area contributed by atoms with Crippen LogP contribution in [0, 0.1) is 6.92 Å². The smallest absolute Gasteiger partial charge is 0.191 e. The van der Waals surface area contributed by atoms with Gasteiger partial charge in [-0.2, -0.15) is 0 Å². The van der Waals surface area contributed by atoms with Gasteiger partial charge in [0.2, 0.25) is 0 Å². The van der Waals surface area contributed by atoms with E-state index in [-0.39, 0.29) is 6.61 Å². The second-order valence-corrected chi connectivity index (χ2v) is 7.83. The first-order valence-corrected chi connectivity index (χ1v) is 9.90. The van der Waals surface area contributed by atoms with Gasteiger partial charge in [0, 0.05) is 22.8 Å². The maximum atomic E-state index is 6.21. The van der Waals surface area contributed by atoms with Crippen molar-refractivity contribution in [1.29, 1.82) is 0 Å². The number of hydrogen-bond donors (Lipinski definition) is 0. The van der Waals surface area contributed by atoms with Crippen molar-refractivity contribution >= 4 is 46.6 Å². The minimum Gasteiger partial charge on any atom is -0.484 e. The van der Waals surface area contributed by atoms with Gasteiger partial charge in [0.05, 0.1) is 5.02 Å². The molecule has 0 atom stereocenters. The van der Waals surface area contributed by atoms with Gasteiger partial charge < -0.3 is 9.30 Å². The third kappa shape index (κ3) is 4.46. The zero-order valence-corrected chi connectivity index (χ0v) is 17.3. The molecule has 0 saturated heterocycles. The van der Waals surface area contributed by atoms with E-state index in [1.54, 1.807) is 0 Å². The molecule has 0 fully saturated rings. The van der Waals surface area contributed by atoms with Crippen LogP contribution < -0.4 is 4.74 Å². The molecule has 1 heterocycles. The number of halogens is 3. The predicted octanol–water partition coefficient (Wildman–Crippen LogP) is 5.96. The maximum Gasteiger partial charge on any atom is 0.191 e. The van der Waals surface area contributed by atoms with Crippen LogP contribution in [0.1, 0.15) is 17.0 Å². The Bertz CT molecular complexity index is 910. The molecule has 0 unspecified atom stereocenters. The highest BCUT2D eigenvalue weighted by Crippen LogP contribution is 2.31. The van der Waals surface area contributed by atoms with Gasteiger partial charge in [0.25, 0.3) is 0 Å². The van der Waals surface area contributed by atoms with Crippen molar-refractivity contribution in [2.45, 2.75) is 24.4 Å². The fourth-order valence-electron chi connectivity index (χ4n) is 2.27. The van der Waals surface area contributed by atoms with Crippen LogP contribution in [0.15, 0.2) is 41.6 Å². The van der Waals surface area contributed by atoms with E-state index >= 15 is 0 Å². The lowest BCUT2D eigenvalue weighted by atomic mass is 10.2. The summed E-state index contributed by atoms with van der Waals surface area (Å²) in [5.41, 5.74) is 1.96. The monoisotopic (exact) mass is 427 g/mol. The van der Waals surface area contributed by atoms with Crippen LogP contribution in [0.5, 0.6) is 5.75 Å². The molecule has 0 aliphatic carbocycles. The highest BCUT2D eigenvalue weighted by atomic mass is 35.5. The van der Waals surface area contributed by atoms with Gasteiger partial charge in [-0.15, -0.1) is 10.2 Å². The van der Waals surface area contributed by atoms with E-state index < -0.39 is 0 Å². The molecule has 0 saturated carbocycles. The molecule has 0 aliphatic rings. The average Bonchev–Trinajstić information content (AvgIpc) is 2.95. The van der Waals surface area contributed by atoms with E-state index in [2.05, 4.69) is 10.2 Å². The first-order chi connectivity index (χ1) is 12.5. The number of rotatable bonds is 6. The molecule has 0 bridgehead atoms. The Balaban J connectivity index is 1.67. The zero-order valence-electron chi connectivity index (χ0n) is 14.2. The zero-order chi connectivity index (χ0) is 18.7. The third-order valence-corrected chi connectivity index (χ3v) is 5.84. The van der Waals surface area contributed by atoms with Gasteiger partial charge in [-0.25, -0.2) is 0 Å². The fraction of sp³-hybridized carbons (Fsp3) is 0.222. The van der Waals surface area contributed by atoms with E-state index in [0.29, 0.717) is 32.4 Å². The van der Waals surface area contributed by atoms with Gasteiger partial charge in [-0.05, 0) is 42.3 Å². The van der Waals surface area contributed by atoms with Crippen LogP contribution in [0.4, 0.5) is 0 Å². The molecule has 0 amide bonds. The van der Waals surface area contributed by atoms with Gasteiger partial charge in [0.1, 0.15) is 12.4 Å². The molecule has 3 rings (SSSR count). The third-order valence-electron chi connectivity index (χ3n) is 3.78. The maximum absolute atomic E-state index is 6.21. The molecule has 8 heteroatoms. The van der Waals surface area contributed by atoms with Crippen LogP contribution >= 0.6 is 46.6 Å². The Labute approximate surface area is 171 Å². The molecule has 136 valence electrons. The highest BCUT2D eigenvalue weighted by molar-refractivity contribution is 7.98. The molecular formula is C18H16Cl3N3OS. The number of thioether (sulfide) groups is 1. The van der Waals surface area contributed by atoms with Crippen LogP contribution in [-0.2, 0) is 19.4 Å². The number of benzene rings is 2. The van der Waals surface area contributed by atoms with Crippen LogP contribution in [-0.4, -0.2) is 14.8 Å². The molecular weight excluding hydrogens is 413 g/mol. The topological polar surface area (TPSA) is 39.9 Å². The van der Waals surface area contributed by atoms with Gasteiger partial charge in [-0.3, -0.25) is 0 Å². The normalized spacial score (nSPS) is 11.0. The molecule has 0 aliphatic heterocycles. The lowest BCUT2D eigenvalue weighted by Crippen LogP contribution is -2.04. The van der Waals surface area contributed by atoms with Crippen molar-refractivity contribution in [1.82, 2.24) is 14.8 Å². The summed E-state index contributed by atoms with van der Waals surface area (Å²) in [6, 6.07) is 11.1. The SMILES string of the molecule is Cc1ccc(Cl)c(OCc2nnc(SCc3c(Cl)cccc3Cl)n2C)c1. The van der Waals surface area contributed by atoms with E-state index in [0.717, 1.165) is 16.3 Å². The Morgan fingerprint density at radius 1 is 1.04 bits per heavy atom. The van der Waals surface area contributed by atoms with Crippen LogP contribution in [0.25, 0.3) is 0 Å². The van der Waals surface area contributed by atoms with Crippen molar-refractivity contribution in [2.24, 2.45) is 7.05 Å². The summed E-state index contributed by atoms with van der Waals surface area (Å²) < 4.78 is 7.68. The molecule has 4 nitrogen and oxygen atoms in total. The summed E-state index contributed by atoms with van der Waals surface area (Å²) in [4.78, 5) is 0. The summed E-state index contributed by atoms with van der Waals surface area (Å²) in [5.74, 6) is 1.94. The van der Waals surface area contributed by atoms with Crippen molar-refractivity contribution in [3.63, 3.8) is 0 Å². The van der Waals surface area contributed by atoms with Crippen molar-refractivity contribution in [3.8, 4) is 5.75 Å². The Hall–Kier alpha value is -1.40. The first kappa shape index (κ1) is 19.4. The first-order valence-electron chi connectivity index (χ1n) is 7.78. The number of aromatic nitrogens is 3. The second-order valence-electron chi connectivity index (χ2n) is 5.67. The highest BCUT2D eigenvalue weighted by Gasteiger charge is 2.13. The predicted molar refractivity (Wildman–Crippen MR) is 108 cm³/mol. The van der Waals surface area contributed by atoms with Crippen LogP contribution in [0.3, 0.4) is 0 Å².